The maximum Gasteiger partial charge on any atom is 0.300 e. The summed E-state index contributed by atoms with van der Waals surface area (Å²) in [4.78, 5) is 17.6. The van der Waals surface area contributed by atoms with Gasteiger partial charge in [-0.15, -0.1) is 0 Å². The largest absolute Gasteiger partial charge is 0.744 e. The molecule has 0 spiro atoms. The van der Waals surface area contributed by atoms with Gasteiger partial charge in [0, 0.05) is 35.8 Å². The van der Waals surface area contributed by atoms with Crippen LogP contribution in [0.15, 0.2) is 119 Å². The van der Waals surface area contributed by atoms with Gasteiger partial charge in [0.15, 0.2) is 0 Å². The highest BCUT2D eigenvalue weighted by molar-refractivity contribution is 8.13. The maximum absolute atomic E-state index is 10.4. The Labute approximate surface area is 284 Å². The fraction of sp³-hybridized carbons (Fsp3) is 0.0714. The molecule has 0 aromatic heterocycles. The molecule has 0 saturated heterocycles. The molecule has 0 radical (unpaired) electrons. The number of hydrogen-bond acceptors (Lipinski definition) is 12. The SMILES string of the molecule is NC(=[NH2+])SCc1ccccc1.NC(=[NH2+])SCc1ccccc1.O=[N+]([O-])c1cccc(S(=O)(=O)[O-])c1.O=[N+]([O-])c1cccc(S(=O)(=O)[O-])c1. The van der Waals surface area contributed by atoms with Crippen molar-refractivity contribution in [2.75, 3.05) is 0 Å². The van der Waals surface area contributed by atoms with E-state index in [2.05, 4.69) is 24.3 Å². The van der Waals surface area contributed by atoms with Crippen molar-refractivity contribution in [1.82, 2.24) is 0 Å². The van der Waals surface area contributed by atoms with Crippen LogP contribution in [0.5, 0.6) is 0 Å². The van der Waals surface area contributed by atoms with Crippen LogP contribution in [-0.4, -0.2) is 46.1 Å². The van der Waals surface area contributed by atoms with Gasteiger partial charge in [-0.3, -0.25) is 42.5 Å². The third kappa shape index (κ3) is 17.7. The highest BCUT2D eigenvalue weighted by Gasteiger charge is 2.09. The highest BCUT2D eigenvalue weighted by Crippen LogP contribution is 2.17. The molecule has 20 heteroatoms. The van der Waals surface area contributed by atoms with Crippen LogP contribution >= 0.6 is 23.5 Å². The Morgan fingerprint density at radius 2 is 0.896 bits per heavy atom. The number of rotatable bonds is 8. The summed E-state index contributed by atoms with van der Waals surface area (Å²) in [5, 5.41) is 31.8. The normalized spacial score (nSPS) is 10.4. The molecule has 0 bridgehead atoms. The number of thioether (sulfide) groups is 2. The van der Waals surface area contributed by atoms with E-state index in [4.69, 9.17) is 22.3 Å². The second-order valence-electron chi connectivity index (χ2n) is 8.77. The van der Waals surface area contributed by atoms with E-state index in [9.17, 15) is 46.2 Å². The lowest BCUT2D eigenvalue weighted by atomic mass is 10.2. The first-order valence-electron chi connectivity index (χ1n) is 12.9. The molecule has 0 atom stereocenters. The summed E-state index contributed by atoms with van der Waals surface area (Å²) in [5.74, 6) is 1.70. The quantitative estimate of drug-likeness (QED) is 0.0644. The first-order chi connectivity index (χ1) is 22.4. The molecule has 4 aromatic rings. The van der Waals surface area contributed by atoms with Crippen molar-refractivity contribution in [2.24, 2.45) is 11.5 Å². The van der Waals surface area contributed by atoms with Crippen LogP contribution in [0.4, 0.5) is 11.4 Å². The van der Waals surface area contributed by atoms with Gasteiger partial charge in [0.2, 0.25) is 0 Å². The van der Waals surface area contributed by atoms with Gasteiger partial charge in [-0.2, -0.15) is 0 Å². The van der Waals surface area contributed by atoms with Gasteiger partial charge in [0.05, 0.1) is 19.6 Å². The molecule has 0 aliphatic carbocycles. The third-order valence-corrected chi connectivity index (χ3v) is 8.42. The zero-order valence-corrected chi connectivity index (χ0v) is 28.0. The summed E-state index contributed by atoms with van der Waals surface area (Å²) < 4.78 is 62.6. The van der Waals surface area contributed by atoms with Crippen molar-refractivity contribution >= 4 is 65.5 Å². The van der Waals surface area contributed by atoms with Crippen LogP contribution in [0.25, 0.3) is 0 Å². The van der Waals surface area contributed by atoms with Gasteiger partial charge in [-0.1, -0.05) is 72.8 Å². The van der Waals surface area contributed by atoms with E-state index in [1.807, 2.05) is 36.4 Å². The second kappa shape index (κ2) is 20.4. The molecule has 0 aliphatic rings. The van der Waals surface area contributed by atoms with Crippen molar-refractivity contribution in [3.8, 4) is 0 Å². The first-order valence-corrected chi connectivity index (χ1v) is 17.7. The lowest BCUT2D eigenvalue weighted by molar-refractivity contribution is -0.385. The van der Waals surface area contributed by atoms with Crippen molar-refractivity contribution in [1.29, 1.82) is 0 Å². The van der Waals surface area contributed by atoms with Crippen LogP contribution < -0.4 is 22.3 Å². The molecule has 0 aliphatic heterocycles. The molecule has 4 rings (SSSR count). The minimum atomic E-state index is -4.61. The van der Waals surface area contributed by atoms with Crippen LogP contribution in [0.1, 0.15) is 11.1 Å². The molecule has 48 heavy (non-hydrogen) atoms. The van der Waals surface area contributed by atoms with E-state index in [0.717, 1.165) is 60.0 Å². The summed E-state index contributed by atoms with van der Waals surface area (Å²) in [6.45, 7) is 0. The number of hydrogen-bond donors (Lipinski definition) is 4. The van der Waals surface area contributed by atoms with Crippen molar-refractivity contribution in [3.63, 3.8) is 0 Å². The highest BCUT2D eigenvalue weighted by atomic mass is 32.2. The molecule has 0 heterocycles. The van der Waals surface area contributed by atoms with Gasteiger partial charge >= 0.3 is 0 Å². The van der Waals surface area contributed by atoms with Gasteiger partial charge in [0.1, 0.15) is 20.2 Å². The number of nitro groups is 2. The van der Waals surface area contributed by atoms with E-state index in [0.29, 0.717) is 10.3 Å². The fourth-order valence-electron chi connectivity index (χ4n) is 2.99. The molecule has 8 N–H and O–H groups in total. The standard InChI is InChI=1S/2C8H10N2S.2C6H5NO5S/c2*9-8(10)11-6-7-4-2-1-3-5-7;2*8-7(9)5-2-1-3-6(4-5)13(10,11)12/h2*1-5H,6H2,(H3,9,10);2*1-4H,(H,10,11,12). The lowest BCUT2D eigenvalue weighted by Gasteiger charge is -2.05. The van der Waals surface area contributed by atoms with E-state index >= 15 is 0 Å². The Morgan fingerprint density at radius 1 is 0.583 bits per heavy atom. The maximum atomic E-state index is 10.4. The van der Waals surface area contributed by atoms with E-state index in [1.165, 1.54) is 34.7 Å². The van der Waals surface area contributed by atoms with Crippen LogP contribution in [0, 0.1) is 20.2 Å². The zero-order chi connectivity index (χ0) is 36.3. The second-order valence-corrected chi connectivity index (χ2v) is 13.6. The van der Waals surface area contributed by atoms with Gasteiger partial charge in [0.25, 0.3) is 21.7 Å². The minimum absolute atomic E-state index is 0.420. The topological polar surface area (TPSA) is 304 Å². The number of benzene rings is 4. The predicted octanol–water partition coefficient (Wildman–Crippen LogP) is 0.985. The predicted molar refractivity (Wildman–Crippen MR) is 180 cm³/mol. The van der Waals surface area contributed by atoms with Gasteiger partial charge in [-0.25, -0.2) is 16.8 Å². The number of non-ortho nitro benzene ring substituents is 2. The summed E-state index contributed by atoms with van der Waals surface area (Å²) in [6.07, 6.45) is 0. The van der Waals surface area contributed by atoms with E-state index < -0.39 is 51.2 Å². The Hall–Kier alpha value is -4.86. The number of nitro benzene ring substituents is 2. The molecular weight excluding hydrogens is 709 g/mol. The van der Waals surface area contributed by atoms with E-state index in [-0.39, 0.29) is 0 Å². The number of amidine groups is 2. The molecule has 0 fully saturated rings. The monoisotopic (exact) mass is 738 g/mol. The number of nitrogens with two attached hydrogens (primary N) is 4. The summed E-state index contributed by atoms with van der Waals surface area (Å²) >= 11 is 2.91. The fourth-order valence-corrected chi connectivity index (χ4v) is 5.06. The average Bonchev–Trinajstić information content (AvgIpc) is 3.04. The molecule has 0 unspecified atom stereocenters. The van der Waals surface area contributed by atoms with E-state index in [1.54, 1.807) is 0 Å². The van der Waals surface area contributed by atoms with Crippen LogP contribution in [0.3, 0.4) is 0 Å². The molecular formula is C28H30N6O10S4. The molecule has 256 valence electrons. The average molecular weight is 739 g/mol. The van der Waals surface area contributed by atoms with Crippen LogP contribution in [0.2, 0.25) is 0 Å². The lowest BCUT2D eigenvalue weighted by Crippen LogP contribution is -2.43. The Bertz CT molecular complexity index is 1760. The molecule has 0 amide bonds. The van der Waals surface area contributed by atoms with Crippen molar-refractivity contribution < 1.29 is 46.6 Å². The zero-order valence-electron chi connectivity index (χ0n) is 24.7. The van der Waals surface area contributed by atoms with Crippen molar-refractivity contribution in [3.05, 3.63) is 141 Å². The molecule has 4 aromatic carbocycles. The third-order valence-electron chi connectivity index (χ3n) is 5.13. The molecule has 0 saturated carbocycles. The minimum Gasteiger partial charge on any atom is -0.744 e. The smallest absolute Gasteiger partial charge is 0.300 e. The summed E-state index contributed by atoms with van der Waals surface area (Å²) in [7, 11) is -9.23. The van der Waals surface area contributed by atoms with Gasteiger partial charge in [-0.05, 0) is 46.8 Å². The summed E-state index contributed by atoms with van der Waals surface area (Å²) in [6, 6.07) is 28.2. The summed E-state index contributed by atoms with van der Waals surface area (Å²) in [5.41, 5.74) is 12.2. The Balaban J connectivity index is 0.000000321. The van der Waals surface area contributed by atoms with Crippen molar-refractivity contribution in [2.45, 2.75) is 21.3 Å². The first kappa shape index (κ1) is 41.2. The number of nitrogens with zero attached hydrogens (tertiary/aromatic N) is 2. The Morgan fingerprint density at radius 3 is 1.15 bits per heavy atom. The Kier molecular flexibility index (Phi) is 17.5. The van der Waals surface area contributed by atoms with Gasteiger partial charge < -0.3 is 9.11 Å². The molecule has 16 nitrogen and oxygen atoms in total. The van der Waals surface area contributed by atoms with Crippen LogP contribution in [-0.2, 0) is 31.7 Å².